The fourth-order valence-electron chi connectivity index (χ4n) is 3.65. The molecule has 0 bridgehead atoms. The summed E-state index contributed by atoms with van der Waals surface area (Å²) >= 11 is 0. The van der Waals surface area contributed by atoms with Gasteiger partial charge >= 0.3 is 0 Å². The third kappa shape index (κ3) is 4.00. The zero-order valence-corrected chi connectivity index (χ0v) is 15.9. The molecule has 3 heteroatoms. The van der Waals surface area contributed by atoms with Crippen LogP contribution in [0.4, 0.5) is 0 Å². The Bertz CT molecular complexity index is 478. The first-order valence-corrected chi connectivity index (χ1v) is 10.4. The Balaban J connectivity index is 1.54. The molecular weight excluding hydrogens is 286 g/mol. The van der Waals surface area contributed by atoms with Gasteiger partial charge in [-0.25, -0.2) is 0 Å². The maximum absolute atomic E-state index is 6.18. The van der Waals surface area contributed by atoms with E-state index in [0.29, 0.717) is 17.0 Å². The second-order valence-corrected chi connectivity index (χ2v) is 9.73. The highest BCUT2D eigenvalue weighted by Crippen LogP contribution is 2.52. The molecule has 0 radical (unpaired) electrons. The molecular formula is C19H31NOSi. The van der Waals surface area contributed by atoms with Crippen LogP contribution in [-0.2, 0) is 11.0 Å². The highest BCUT2D eigenvalue weighted by molar-refractivity contribution is 6.27. The van der Waals surface area contributed by atoms with E-state index in [1.165, 1.54) is 37.3 Å². The van der Waals surface area contributed by atoms with Crippen molar-refractivity contribution in [3.05, 3.63) is 35.9 Å². The summed E-state index contributed by atoms with van der Waals surface area (Å²) in [6.07, 6.45) is 5.51. The van der Waals surface area contributed by atoms with E-state index in [1.807, 2.05) is 0 Å². The quantitative estimate of drug-likeness (QED) is 0.585. The molecule has 0 aromatic heterocycles. The number of hydrogen-bond acceptors (Lipinski definition) is 2. The van der Waals surface area contributed by atoms with Crippen LogP contribution >= 0.6 is 0 Å². The molecule has 22 heavy (non-hydrogen) atoms. The van der Waals surface area contributed by atoms with Crippen LogP contribution < -0.4 is 0 Å². The summed E-state index contributed by atoms with van der Waals surface area (Å²) in [6, 6.07) is 12.9. The highest BCUT2D eigenvalue weighted by atomic mass is 28.2. The smallest absolute Gasteiger partial charge is 0.162 e. The zero-order chi connectivity index (χ0) is 15.6. The van der Waals surface area contributed by atoms with E-state index in [4.69, 9.17) is 4.43 Å². The van der Waals surface area contributed by atoms with Crippen molar-refractivity contribution < 1.29 is 4.43 Å². The number of likely N-dealkylation sites (tertiary alicyclic amines) is 1. The fraction of sp³-hybridized carbons (Fsp3) is 0.684. The Kier molecular flexibility index (Phi) is 4.76. The minimum Gasteiger partial charge on any atom is -0.422 e. The number of nitrogens with zero attached hydrogens (tertiary/aromatic N) is 1. The van der Waals surface area contributed by atoms with Gasteiger partial charge in [-0.1, -0.05) is 51.1 Å². The second-order valence-electron chi connectivity index (χ2n) is 8.42. The first kappa shape index (κ1) is 16.2. The largest absolute Gasteiger partial charge is 0.422 e. The number of rotatable bonds is 6. The van der Waals surface area contributed by atoms with Crippen LogP contribution in [0, 0.1) is 5.41 Å². The molecule has 2 aliphatic rings. The lowest BCUT2D eigenvalue weighted by Gasteiger charge is -2.31. The minimum atomic E-state index is -0.362. The van der Waals surface area contributed by atoms with Crippen molar-refractivity contribution >= 4 is 9.76 Å². The predicted octanol–water partition coefficient (Wildman–Crippen LogP) is 3.75. The third-order valence-electron chi connectivity index (χ3n) is 5.32. The molecule has 1 heterocycles. The first-order valence-electron chi connectivity index (χ1n) is 8.87. The lowest BCUT2D eigenvalue weighted by atomic mass is 10.0. The molecule has 0 amide bonds. The van der Waals surface area contributed by atoms with Crippen LogP contribution in [0.3, 0.4) is 0 Å². The van der Waals surface area contributed by atoms with Gasteiger partial charge in [0.05, 0.1) is 0 Å². The van der Waals surface area contributed by atoms with Crippen LogP contribution in [0.15, 0.2) is 30.3 Å². The van der Waals surface area contributed by atoms with Gasteiger partial charge in [-0.3, -0.25) is 4.90 Å². The van der Waals surface area contributed by atoms with Gasteiger partial charge in [0.2, 0.25) is 0 Å². The average molecular weight is 318 g/mol. The van der Waals surface area contributed by atoms with Gasteiger partial charge in [-0.05, 0) is 42.7 Å². The highest BCUT2D eigenvalue weighted by Gasteiger charge is 2.54. The van der Waals surface area contributed by atoms with Gasteiger partial charge in [-0.2, -0.15) is 0 Å². The molecule has 1 aliphatic heterocycles. The van der Waals surface area contributed by atoms with Gasteiger partial charge in [0.25, 0.3) is 0 Å². The second kappa shape index (κ2) is 6.46. The van der Waals surface area contributed by atoms with Crippen molar-refractivity contribution in [2.45, 2.75) is 70.6 Å². The Hall–Kier alpha value is -0.643. The summed E-state index contributed by atoms with van der Waals surface area (Å²) in [4.78, 5) is 2.77. The van der Waals surface area contributed by atoms with Crippen LogP contribution in [0.25, 0.3) is 0 Å². The normalized spacial score (nSPS) is 24.6. The van der Waals surface area contributed by atoms with Crippen molar-refractivity contribution in [1.29, 1.82) is 0 Å². The van der Waals surface area contributed by atoms with E-state index >= 15 is 0 Å². The molecule has 1 aliphatic carbocycles. The molecule has 1 aromatic carbocycles. The SMILES string of the molecule is CC(C)(C)C[SiH2]OC[C@@H]1CCC2(CC2)N1Cc1ccccc1. The van der Waals surface area contributed by atoms with E-state index in [0.717, 1.165) is 13.2 Å². The molecule has 1 spiro atoms. The lowest BCUT2D eigenvalue weighted by Crippen LogP contribution is -2.39. The Morgan fingerprint density at radius 1 is 1.18 bits per heavy atom. The Morgan fingerprint density at radius 3 is 2.55 bits per heavy atom. The summed E-state index contributed by atoms with van der Waals surface area (Å²) in [5, 5.41) is 0. The van der Waals surface area contributed by atoms with Crippen molar-refractivity contribution in [2.75, 3.05) is 6.61 Å². The van der Waals surface area contributed by atoms with Gasteiger partial charge in [-0.15, -0.1) is 0 Å². The first-order chi connectivity index (χ1) is 10.5. The summed E-state index contributed by atoms with van der Waals surface area (Å²) in [7, 11) is -0.362. The summed E-state index contributed by atoms with van der Waals surface area (Å²) in [6.45, 7) is 9.03. The van der Waals surface area contributed by atoms with Gasteiger partial charge in [0, 0.05) is 24.7 Å². The molecule has 0 N–H and O–H groups in total. The minimum absolute atomic E-state index is 0.362. The zero-order valence-electron chi connectivity index (χ0n) is 14.5. The van der Waals surface area contributed by atoms with Crippen LogP contribution in [-0.4, -0.2) is 32.9 Å². The van der Waals surface area contributed by atoms with Gasteiger partial charge in [0.1, 0.15) is 0 Å². The number of benzene rings is 1. The van der Waals surface area contributed by atoms with Crippen molar-refractivity contribution in [1.82, 2.24) is 4.90 Å². The predicted molar refractivity (Wildman–Crippen MR) is 95.7 cm³/mol. The van der Waals surface area contributed by atoms with E-state index < -0.39 is 0 Å². The third-order valence-corrected chi connectivity index (χ3v) is 7.55. The molecule has 1 aromatic rings. The monoisotopic (exact) mass is 317 g/mol. The Labute approximate surface area is 138 Å². The molecule has 1 saturated carbocycles. The summed E-state index contributed by atoms with van der Waals surface area (Å²) < 4.78 is 6.18. The molecule has 0 unspecified atom stereocenters. The molecule has 2 nitrogen and oxygen atoms in total. The Morgan fingerprint density at radius 2 is 1.91 bits per heavy atom. The topological polar surface area (TPSA) is 12.5 Å². The van der Waals surface area contributed by atoms with Crippen LogP contribution in [0.5, 0.6) is 0 Å². The molecule has 1 saturated heterocycles. The van der Waals surface area contributed by atoms with Crippen molar-refractivity contribution in [2.24, 2.45) is 5.41 Å². The maximum atomic E-state index is 6.18. The number of hydrogen-bond donors (Lipinski definition) is 0. The van der Waals surface area contributed by atoms with E-state index in [2.05, 4.69) is 56.0 Å². The summed E-state index contributed by atoms with van der Waals surface area (Å²) in [5.41, 5.74) is 2.42. The fourth-order valence-corrected chi connectivity index (χ4v) is 4.85. The van der Waals surface area contributed by atoms with Gasteiger partial charge < -0.3 is 4.43 Å². The standard InChI is InChI=1S/C19H31NOSi/c1-18(2,3)15-22-21-14-17-9-10-19(11-12-19)20(17)13-16-7-5-4-6-8-16/h4-8,17H,9-15,22H2,1-3H3/t17-/m0/s1. The molecule has 122 valence electrons. The van der Waals surface area contributed by atoms with Gasteiger partial charge in [0.15, 0.2) is 9.76 Å². The average Bonchev–Trinajstić information content (AvgIpc) is 3.18. The maximum Gasteiger partial charge on any atom is 0.162 e. The van der Waals surface area contributed by atoms with E-state index in [1.54, 1.807) is 0 Å². The lowest BCUT2D eigenvalue weighted by molar-refractivity contribution is 0.123. The van der Waals surface area contributed by atoms with E-state index in [9.17, 15) is 0 Å². The van der Waals surface area contributed by atoms with E-state index in [-0.39, 0.29) is 9.76 Å². The summed E-state index contributed by atoms with van der Waals surface area (Å²) in [5.74, 6) is 0. The van der Waals surface area contributed by atoms with Crippen molar-refractivity contribution in [3.63, 3.8) is 0 Å². The molecule has 2 fully saturated rings. The molecule has 1 atom stereocenters. The van der Waals surface area contributed by atoms with Crippen LogP contribution in [0.1, 0.15) is 52.0 Å². The van der Waals surface area contributed by atoms with Crippen molar-refractivity contribution in [3.8, 4) is 0 Å². The molecule has 3 rings (SSSR count). The van der Waals surface area contributed by atoms with Crippen LogP contribution in [0.2, 0.25) is 6.04 Å².